The minimum absolute atomic E-state index is 0.0180. The number of para-hydroxylation sites is 3. The number of nitrogen functional groups attached to an aromatic ring is 1. The average Bonchev–Trinajstić information content (AvgIpc) is 1.23. The second-order valence-electron chi connectivity index (χ2n) is 20.6. The molecule has 0 radical (unpaired) electrons. The number of anilines is 9. The zero-order valence-electron chi connectivity index (χ0n) is 50.9. The van der Waals surface area contributed by atoms with E-state index in [9.17, 15) is 24.0 Å². The monoisotopic (exact) mass is 1230 g/mol. The Bertz CT molecular complexity index is 3950. The summed E-state index contributed by atoms with van der Waals surface area (Å²) in [6, 6.07) is 21.2. The fraction of sp³-hybridized carbons (Fsp3) is 0.293. The maximum absolute atomic E-state index is 12.4. The number of benzene rings is 3. The van der Waals surface area contributed by atoms with E-state index in [-0.39, 0.29) is 64.1 Å². The van der Waals surface area contributed by atoms with Crippen molar-refractivity contribution in [1.29, 1.82) is 0 Å². The van der Waals surface area contributed by atoms with E-state index in [1.54, 1.807) is 85.3 Å². The first kappa shape index (κ1) is 62.8. The summed E-state index contributed by atoms with van der Waals surface area (Å²) in [5.41, 5.74) is 13.1. The largest absolute Gasteiger partial charge is 0.494 e. The first-order chi connectivity index (χ1) is 43.3. The highest BCUT2D eigenvalue weighted by atomic mass is 16.5. The highest BCUT2D eigenvalue weighted by Gasteiger charge is 2.40. The molecule has 2 saturated carbocycles. The Morgan fingerprint density at radius 3 is 1.06 bits per heavy atom. The lowest BCUT2D eigenvalue weighted by molar-refractivity contribution is -0.118. The first-order valence-corrected chi connectivity index (χ1v) is 27.9. The lowest BCUT2D eigenvalue weighted by Gasteiger charge is -2.16. The van der Waals surface area contributed by atoms with Crippen LogP contribution in [0.2, 0.25) is 0 Å². The van der Waals surface area contributed by atoms with Crippen LogP contribution in [0.15, 0.2) is 91.4 Å². The Balaban J connectivity index is 0.000000161. The molecule has 6 aromatic heterocycles. The number of nitrogens with one attached hydrogen (secondary N) is 8. The summed E-state index contributed by atoms with van der Waals surface area (Å²) >= 11 is 0. The number of rotatable bonds is 19. The van der Waals surface area contributed by atoms with Crippen LogP contribution in [0.1, 0.15) is 58.2 Å². The molecule has 3 aromatic carbocycles. The highest BCUT2D eigenvalue weighted by Crippen LogP contribution is 2.42. The van der Waals surface area contributed by atoms with E-state index >= 15 is 0 Å². The van der Waals surface area contributed by atoms with Gasteiger partial charge in [0.15, 0.2) is 46.0 Å². The molecular weight excluding hydrogens is 1160 g/mol. The Kier molecular flexibility index (Phi) is 19.4. The number of ether oxygens (including phenoxy) is 3. The standard InChI is InChI=1S/2C21H24N8O3.C16H18N8O2/c2*1-11-8-13(11)20(30)25-17-9-15(18(27-26-17)21(31)22-2)24-14-7-5-6-12(19(14)32-4)16-10-23-29(3)28-16;1-18-16(25)14-11(7-13(17)21-22-14)20-10-6-4-5-9(15(10)26-3)12-8-19-24(2)23-12/h2*5-7,9-11,13H,8H2,1-4H3,(H,22,31)(H2,24,25,26,30);4-8H,1-3H3,(H,18,25)(H3,17,20,21)/t2*11-,13+;/m11./s1. The Labute approximate surface area is 514 Å². The Morgan fingerprint density at radius 1 is 0.467 bits per heavy atom. The zero-order valence-corrected chi connectivity index (χ0v) is 50.9. The van der Waals surface area contributed by atoms with Crippen LogP contribution >= 0.6 is 0 Å². The van der Waals surface area contributed by atoms with Crippen LogP contribution in [0, 0.1) is 23.7 Å². The van der Waals surface area contributed by atoms with Gasteiger partial charge in [-0.1, -0.05) is 32.0 Å². The number of nitrogens with zero attached hydrogens (tertiary/aromatic N) is 15. The Hall–Kier alpha value is -11.7. The van der Waals surface area contributed by atoms with Crippen molar-refractivity contribution < 1.29 is 38.2 Å². The lowest BCUT2D eigenvalue weighted by atomic mass is 10.1. The van der Waals surface area contributed by atoms with E-state index in [1.807, 2.05) is 56.3 Å². The van der Waals surface area contributed by atoms with E-state index in [4.69, 9.17) is 19.9 Å². The lowest BCUT2D eigenvalue weighted by Crippen LogP contribution is -2.22. The number of methoxy groups -OCH3 is 3. The third kappa shape index (κ3) is 14.6. The molecule has 32 heteroatoms. The summed E-state index contributed by atoms with van der Waals surface area (Å²) in [5.74, 6) is 1.54. The summed E-state index contributed by atoms with van der Waals surface area (Å²) in [6.45, 7) is 4.04. The van der Waals surface area contributed by atoms with Crippen molar-refractivity contribution in [3.63, 3.8) is 0 Å². The van der Waals surface area contributed by atoms with Crippen molar-refractivity contribution >= 4 is 81.1 Å². The molecular formula is C58H66N24O8. The topological polar surface area (TPSA) is 405 Å². The number of carbonyl (C=O) groups is 5. The summed E-state index contributed by atoms with van der Waals surface area (Å²) in [6.07, 6.45) is 6.62. The molecule has 6 heterocycles. The molecule has 2 aliphatic carbocycles. The molecule has 0 spiro atoms. The molecule has 2 aliphatic rings. The summed E-state index contributed by atoms with van der Waals surface area (Å²) < 4.78 is 16.8. The van der Waals surface area contributed by atoms with Crippen molar-refractivity contribution in [1.82, 2.24) is 91.5 Å². The number of aromatic nitrogens is 15. The number of hydrogen-bond acceptors (Lipinski definition) is 24. The van der Waals surface area contributed by atoms with Crippen molar-refractivity contribution in [3.05, 3.63) is 108 Å². The maximum Gasteiger partial charge on any atom is 0.273 e. The van der Waals surface area contributed by atoms with Gasteiger partial charge in [0.2, 0.25) is 11.8 Å². The van der Waals surface area contributed by atoms with Crippen molar-refractivity contribution in [2.45, 2.75) is 26.7 Å². The van der Waals surface area contributed by atoms with E-state index in [2.05, 4.69) is 104 Å². The van der Waals surface area contributed by atoms with Crippen LogP contribution in [0.3, 0.4) is 0 Å². The van der Waals surface area contributed by atoms with Gasteiger partial charge in [-0.3, -0.25) is 24.0 Å². The molecule has 32 nitrogen and oxygen atoms in total. The molecule has 0 saturated heterocycles. The SMILES string of the molecule is CNC(=O)c1nnc(N)cc1Nc1cccc(-c2cnn(C)n2)c1OC.CNC(=O)c1nnc(NC(=O)[C@H]2C[C@H]2C)cc1Nc1cccc(-c2cnn(C)n2)c1OC.CNC(=O)c1nnc(NC(=O)[C@H]2C[C@H]2C)cc1Nc1cccc(-c2cnn(C)n2)c1OC. The van der Waals surface area contributed by atoms with Crippen molar-refractivity contribution in [2.24, 2.45) is 44.8 Å². The van der Waals surface area contributed by atoms with Gasteiger partial charge in [0, 0.05) is 89.0 Å². The second-order valence-corrected chi connectivity index (χ2v) is 20.6. The quantitative estimate of drug-likeness (QED) is 0.0518. The van der Waals surface area contributed by atoms with Gasteiger partial charge >= 0.3 is 0 Å². The van der Waals surface area contributed by atoms with Gasteiger partial charge in [-0.05, 0) is 61.1 Å². The summed E-state index contributed by atoms with van der Waals surface area (Å²) in [5, 5.41) is 71.7. The van der Waals surface area contributed by atoms with Gasteiger partial charge in [0.1, 0.15) is 22.9 Å². The molecule has 2 fully saturated rings. The normalized spacial score (nSPS) is 15.0. The zero-order chi connectivity index (χ0) is 64.3. The number of nitrogens with two attached hydrogens (primary N) is 1. The molecule has 90 heavy (non-hydrogen) atoms. The number of hydrogen-bond donors (Lipinski definition) is 9. The van der Waals surface area contributed by atoms with Crippen molar-refractivity contribution in [2.75, 3.05) is 74.8 Å². The summed E-state index contributed by atoms with van der Waals surface area (Å²) in [4.78, 5) is 65.8. The van der Waals surface area contributed by atoms with Crippen LogP contribution < -0.4 is 62.5 Å². The fourth-order valence-corrected chi connectivity index (χ4v) is 9.28. The molecule has 466 valence electrons. The number of carbonyl (C=O) groups excluding carboxylic acids is 5. The van der Waals surface area contributed by atoms with Gasteiger partial charge in [0.25, 0.3) is 17.7 Å². The average molecular weight is 1230 g/mol. The fourth-order valence-electron chi connectivity index (χ4n) is 9.28. The highest BCUT2D eigenvalue weighted by molar-refractivity contribution is 6.02. The minimum Gasteiger partial charge on any atom is -0.494 e. The van der Waals surface area contributed by atoms with Gasteiger partial charge < -0.3 is 62.5 Å². The van der Waals surface area contributed by atoms with E-state index in [0.717, 1.165) is 29.5 Å². The van der Waals surface area contributed by atoms with Crippen LogP contribution in [-0.2, 0) is 30.7 Å². The van der Waals surface area contributed by atoms with E-state index in [1.165, 1.54) is 41.6 Å². The predicted octanol–water partition coefficient (Wildman–Crippen LogP) is 4.92. The maximum atomic E-state index is 12.4. The molecule has 0 bridgehead atoms. The van der Waals surface area contributed by atoms with Crippen LogP contribution in [0.4, 0.5) is 51.6 Å². The third-order valence-corrected chi connectivity index (χ3v) is 14.2. The van der Waals surface area contributed by atoms with Crippen LogP contribution in [0.25, 0.3) is 33.8 Å². The van der Waals surface area contributed by atoms with Gasteiger partial charge in [-0.25, -0.2) is 0 Å². The minimum atomic E-state index is -0.419. The molecule has 5 amide bonds. The third-order valence-electron chi connectivity index (χ3n) is 14.2. The Morgan fingerprint density at radius 2 is 0.778 bits per heavy atom. The first-order valence-electron chi connectivity index (χ1n) is 27.9. The van der Waals surface area contributed by atoms with E-state index < -0.39 is 11.8 Å². The predicted molar refractivity (Wildman–Crippen MR) is 331 cm³/mol. The number of amides is 5. The van der Waals surface area contributed by atoms with Gasteiger partial charge in [-0.2, -0.15) is 45.0 Å². The molecule has 11 rings (SSSR count). The molecule has 9 aromatic rings. The van der Waals surface area contributed by atoms with E-state index in [0.29, 0.717) is 80.3 Å². The smallest absolute Gasteiger partial charge is 0.273 e. The van der Waals surface area contributed by atoms with Crippen molar-refractivity contribution in [3.8, 4) is 51.0 Å². The summed E-state index contributed by atoms with van der Waals surface area (Å²) in [7, 11) is 14.4. The van der Waals surface area contributed by atoms with Gasteiger partial charge in [0.05, 0.1) is 74.0 Å². The molecule has 10 N–H and O–H groups in total. The second kappa shape index (κ2) is 27.8. The van der Waals surface area contributed by atoms with Crippen LogP contribution in [-0.4, -0.2) is 148 Å². The molecule has 0 unspecified atom stereocenters. The molecule has 4 atom stereocenters. The number of aryl methyl sites for hydroxylation is 3. The van der Waals surface area contributed by atoms with Crippen LogP contribution in [0.5, 0.6) is 17.2 Å². The molecule has 0 aliphatic heterocycles. The van der Waals surface area contributed by atoms with Gasteiger partial charge in [-0.15, -0.1) is 30.6 Å².